The van der Waals surface area contributed by atoms with Gasteiger partial charge in [-0.05, 0) is 12.0 Å². The zero-order valence-electron chi connectivity index (χ0n) is 15.1. The molecule has 1 saturated heterocycles. The molecule has 0 radical (unpaired) electrons. The van der Waals surface area contributed by atoms with E-state index in [9.17, 15) is 9.59 Å². The van der Waals surface area contributed by atoms with Gasteiger partial charge < -0.3 is 14.4 Å². The van der Waals surface area contributed by atoms with Gasteiger partial charge in [-0.2, -0.15) is 0 Å². The molecule has 1 atom stereocenters. The fourth-order valence-corrected chi connectivity index (χ4v) is 3.32. The maximum Gasteiger partial charge on any atom is 0.224 e. The minimum Gasteiger partial charge on any atom is -0.340 e. The van der Waals surface area contributed by atoms with E-state index >= 15 is 0 Å². The van der Waals surface area contributed by atoms with Gasteiger partial charge in [0.15, 0.2) is 0 Å². The second-order valence-electron chi connectivity index (χ2n) is 6.61. The Balaban J connectivity index is 1.64. The highest BCUT2D eigenvalue weighted by atomic mass is 16.2. The van der Waals surface area contributed by atoms with Crippen LogP contribution in [-0.4, -0.2) is 55.5 Å². The van der Waals surface area contributed by atoms with Crippen molar-refractivity contribution in [2.45, 2.75) is 45.3 Å². The first kappa shape index (κ1) is 18.1. The second-order valence-corrected chi connectivity index (χ2v) is 6.61. The molecular formula is C19H25N5O2. The van der Waals surface area contributed by atoms with Crippen molar-refractivity contribution < 1.29 is 9.59 Å². The summed E-state index contributed by atoms with van der Waals surface area (Å²) in [6.45, 7) is 4.31. The SMILES string of the molecule is CC[C@@H]1CN(C(=O)CCn2cnnc2)CCC(=O)N1Cc1ccccc1. The standard InChI is InChI=1S/C19H25N5O2/c1-2-17-13-23(18(25)8-10-22-14-20-21-15-22)11-9-19(26)24(17)12-16-6-4-3-5-7-16/h3-7,14-15,17H,2,8-13H2,1H3/t17-/m1/s1. The van der Waals surface area contributed by atoms with Gasteiger partial charge in [0, 0.05) is 45.1 Å². The Morgan fingerprint density at radius 1 is 1.19 bits per heavy atom. The highest BCUT2D eigenvalue weighted by Gasteiger charge is 2.30. The number of aromatic nitrogens is 3. The van der Waals surface area contributed by atoms with Crippen LogP contribution in [0, 0.1) is 0 Å². The maximum absolute atomic E-state index is 12.7. The lowest BCUT2D eigenvalue weighted by Crippen LogP contribution is -2.43. The van der Waals surface area contributed by atoms with Crippen molar-refractivity contribution in [2.24, 2.45) is 0 Å². The van der Waals surface area contributed by atoms with E-state index in [1.807, 2.05) is 40.1 Å². The van der Waals surface area contributed by atoms with Crippen LogP contribution in [0.2, 0.25) is 0 Å². The van der Waals surface area contributed by atoms with Gasteiger partial charge in [0.2, 0.25) is 11.8 Å². The summed E-state index contributed by atoms with van der Waals surface area (Å²) in [6, 6.07) is 10.1. The van der Waals surface area contributed by atoms with Crippen LogP contribution in [0.1, 0.15) is 31.7 Å². The fraction of sp³-hybridized carbons (Fsp3) is 0.474. The van der Waals surface area contributed by atoms with Crippen molar-refractivity contribution in [1.29, 1.82) is 0 Å². The third-order valence-electron chi connectivity index (χ3n) is 4.86. The Morgan fingerprint density at radius 3 is 2.62 bits per heavy atom. The topological polar surface area (TPSA) is 71.3 Å². The molecule has 7 heteroatoms. The Labute approximate surface area is 153 Å². The van der Waals surface area contributed by atoms with E-state index in [1.165, 1.54) is 0 Å². The van der Waals surface area contributed by atoms with E-state index in [-0.39, 0.29) is 17.9 Å². The van der Waals surface area contributed by atoms with Crippen LogP contribution in [0.3, 0.4) is 0 Å². The number of rotatable bonds is 6. The van der Waals surface area contributed by atoms with Crippen molar-refractivity contribution >= 4 is 11.8 Å². The monoisotopic (exact) mass is 355 g/mol. The van der Waals surface area contributed by atoms with Gasteiger partial charge in [0.05, 0.1) is 0 Å². The molecule has 0 bridgehead atoms. The number of amides is 2. The molecule has 0 N–H and O–H groups in total. The smallest absolute Gasteiger partial charge is 0.224 e. The van der Waals surface area contributed by atoms with Gasteiger partial charge in [0.1, 0.15) is 12.7 Å². The fourth-order valence-electron chi connectivity index (χ4n) is 3.32. The lowest BCUT2D eigenvalue weighted by atomic mass is 10.1. The third kappa shape index (κ3) is 4.47. The minimum atomic E-state index is 0.0454. The van der Waals surface area contributed by atoms with Crippen molar-refractivity contribution in [3.63, 3.8) is 0 Å². The van der Waals surface area contributed by atoms with Crippen LogP contribution >= 0.6 is 0 Å². The molecule has 3 rings (SSSR count). The summed E-state index contributed by atoms with van der Waals surface area (Å²) in [4.78, 5) is 29.1. The molecule has 2 aromatic rings. The third-order valence-corrected chi connectivity index (χ3v) is 4.86. The number of aryl methyl sites for hydroxylation is 1. The average molecular weight is 355 g/mol. The molecule has 1 aliphatic heterocycles. The van der Waals surface area contributed by atoms with Gasteiger partial charge in [-0.3, -0.25) is 9.59 Å². The molecule has 0 aliphatic carbocycles. The first-order valence-corrected chi connectivity index (χ1v) is 9.11. The van der Waals surface area contributed by atoms with Crippen molar-refractivity contribution in [2.75, 3.05) is 13.1 Å². The Morgan fingerprint density at radius 2 is 1.92 bits per heavy atom. The van der Waals surface area contributed by atoms with Crippen molar-refractivity contribution in [3.8, 4) is 0 Å². The zero-order chi connectivity index (χ0) is 18.4. The normalized spacial score (nSPS) is 18.0. The molecule has 1 aromatic carbocycles. The molecule has 138 valence electrons. The first-order valence-electron chi connectivity index (χ1n) is 9.11. The molecule has 1 fully saturated rings. The Bertz CT molecular complexity index is 717. The van der Waals surface area contributed by atoms with E-state index < -0.39 is 0 Å². The average Bonchev–Trinajstić information content (AvgIpc) is 3.13. The number of carbonyl (C=O) groups is 2. The highest BCUT2D eigenvalue weighted by molar-refractivity contribution is 5.80. The van der Waals surface area contributed by atoms with Crippen LogP contribution in [0.5, 0.6) is 0 Å². The predicted octanol–water partition coefficient (Wildman–Crippen LogP) is 1.71. The van der Waals surface area contributed by atoms with Crippen LogP contribution in [0.15, 0.2) is 43.0 Å². The number of hydrogen-bond donors (Lipinski definition) is 0. The number of benzene rings is 1. The van der Waals surface area contributed by atoms with E-state index in [0.29, 0.717) is 39.0 Å². The van der Waals surface area contributed by atoms with Gasteiger partial charge in [-0.1, -0.05) is 37.3 Å². The van der Waals surface area contributed by atoms with Gasteiger partial charge in [-0.25, -0.2) is 0 Å². The molecule has 0 spiro atoms. The molecule has 26 heavy (non-hydrogen) atoms. The van der Waals surface area contributed by atoms with Crippen molar-refractivity contribution in [1.82, 2.24) is 24.6 Å². The molecule has 7 nitrogen and oxygen atoms in total. The first-order chi connectivity index (χ1) is 12.7. The molecule has 2 amide bonds. The summed E-state index contributed by atoms with van der Waals surface area (Å²) in [7, 11) is 0. The lowest BCUT2D eigenvalue weighted by molar-refractivity contribution is -0.133. The summed E-state index contributed by atoms with van der Waals surface area (Å²) >= 11 is 0. The Hall–Kier alpha value is -2.70. The zero-order valence-corrected chi connectivity index (χ0v) is 15.1. The second kappa shape index (κ2) is 8.60. The molecule has 0 unspecified atom stereocenters. The summed E-state index contributed by atoms with van der Waals surface area (Å²) < 4.78 is 1.79. The molecule has 0 saturated carbocycles. The van der Waals surface area contributed by atoms with E-state index in [1.54, 1.807) is 17.2 Å². The molecule has 1 aliphatic rings. The molecule has 2 heterocycles. The quantitative estimate of drug-likeness (QED) is 0.791. The highest BCUT2D eigenvalue weighted by Crippen LogP contribution is 2.18. The minimum absolute atomic E-state index is 0.0454. The van der Waals surface area contributed by atoms with Crippen LogP contribution in [0.25, 0.3) is 0 Å². The molecular weight excluding hydrogens is 330 g/mol. The predicted molar refractivity (Wildman–Crippen MR) is 96.9 cm³/mol. The maximum atomic E-state index is 12.7. The van der Waals surface area contributed by atoms with Gasteiger partial charge in [0.25, 0.3) is 0 Å². The summed E-state index contributed by atoms with van der Waals surface area (Å²) in [6.07, 6.45) is 4.81. The van der Waals surface area contributed by atoms with Gasteiger partial charge in [-0.15, -0.1) is 10.2 Å². The van der Waals surface area contributed by atoms with Crippen LogP contribution in [0.4, 0.5) is 0 Å². The number of carbonyl (C=O) groups excluding carboxylic acids is 2. The number of hydrogen-bond acceptors (Lipinski definition) is 4. The van der Waals surface area contributed by atoms with Crippen LogP contribution < -0.4 is 0 Å². The summed E-state index contributed by atoms with van der Waals surface area (Å²) in [5.41, 5.74) is 1.12. The van der Waals surface area contributed by atoms with E-state index in [0.717, 1.165) is 12.0 Å². The summed E-state index contributed by atoms with van der Waals surface area (Å²) in [5, 5.41) is 7.50. The Kier molecular flexibility index (Phi) is 5.99. The van der Waals surface area contributed by atoms with Crippen molar-refractivity contribution in [3.05, 3.63) is 48.5 Å². The lowest BCUT2D eigenvalue weighted by Gasteiger charge is -2.31. The largest absolute Gasteiger partial charge is 0.340 e. The van der Waals surface area contributed by atoms with E-state index in [4.69, 9.17) is 0 Å². The van der Waals surface area contributed by atoms with Crippen LogP contribution in [-0.2, 0) is 22.7 Å². The van der Waals surface area contributed by atoms with Gasteiger partial charge >= 0.3 is 0 Å². The molecule has 1 aromatic heterocycles. The van der Waals surface area contributed by atoms with E-state index in [2.05, 4.69) is 17.1 Å². The summed E-state index contributed by atoms with van der Waals surface area (Å²) in [5.74, 6) is 0.196. The number of nitrogens with zero attached hydrogens (tertiary/aromatic N) is 5.